The van der Waals surface area contributed by atoms with Crippen LogP contribution >= 0.6 is 35.6 Å². The van der Waals surface area contributed by atoms with Gasteiger partial charge in [0.1, 0.15) is 10.1 Å². The van der Waals surface area contributed by atoms with Gasteiger partial charge < -0.3 is 14.2 Å². The molecule has 1 amide bonds. The van der Waals surface area contributed by atoms with Crippen LogP contribution in [0.1, 0.15) is 18.9 Å². The van der Waals surface area contributed by atoms with Crippen molar-refractivity contribution in [2.75, 3.05) is 26.9 Å². The number of halogens is 1. The van der Waals surface area contributed by atoms with E-state index >= 15 is 0 Å². The number of thiocarbonyl (C=S) groups is 1. The predicted molar refractivity (Wildman–Crippen MR) is 126 cm³/mol. The van der Waals surface area contributed by atoms with Gasteiger partial charge in [0.15, 0.2) is 11.5 Å². The lowest BCUT2D eigenvalue weighted by atomic mass is 10.2. The summed E-state index contributed by atoms with van der Waals surface area (Å²) < 4.78 is 17.5. The number of benzene rings is 2. The van der Waals surface area contributed by atoms with E-state index in [9.17, 15) is 4.79 Å². The zero-order valence-electron chi connectivity index (χ0n) is 16.7. The van der Waals surface area contributed by atoms with E-state index in [2.05, 4.69) is 0 Å². The molecule has 2 aromatic carbocycles. The molecule has 0 bridgehead atoms. The third-order valence-corrected chi connectivity index (χ3v) is 6.01. The Bertz CT molecular complexity index is 964. The SMILES string of the molecule is CCN1C(=O)/C(=C/c2ccc(OCCCOc3ccccc3Cl)c(OC)c2)SC1=S. The first-order chi connectivity index (χ1) is 14.5. The van der Waals surface area contributed by atoms with E-state index in [1.807, 2.05) is 49.4 Å². The van der Waals surface area contributed by atoms with Crippen molar-refractivity contribution >= 4 is 51.9 Å². The number of rotatable bonds is 9. The van der Waals surface area contributed by atoms with E-state index in [-0.39, 0.29) is 5.91 Å². The molecule has 1 heterocycles. The third kappa shape index (κ3) is 5.47. The van der Waals surface area contributed by atoms with Gasteiger partial charge >= 0.3 is 0 Å². The van der Waals surface area contributed by atoms with Gasteiger partial charge in [0.05, 0.1) is 30.3 Å². The van der Waals surface area contributed by atoms with Crippen molar-refractivity contribution in [2.45, 2.75) is 13.3 Å². The lowest BCUT2D eigenvalue weighted by molar-refractivity contribution is -0.121. The summed E-state index contributed by atoms with van der Waals surface area (Å²) in [6, 6.07) is 12.9. The van der Waals surface area contributed by atoms with Crippen molar-refractivity contribution in [1.29, 1.82) is 0 Å². The molecule has 5 nitrogen and oxygen atoms in total. The molecule has 158 valence electrons. The minimum atomic E-state index is -0.0645. The number of thioether (sulfide) groups is 1. The van der Waals surface area contributed by atoms with Crippen LogP contribution in [0.5, 0.6) is 17.2 Å². The average molecular weight is 464 g/mol. The maximum Gasteiger partial charge on any atom is 0.266 e. The van der Waals surface area contributed by atoms with Crippen molar-refractivity contribution in [3.63, 3.8) is 0 Å². The summed E-state index contributed by atoms with van der Waals surface area (Å²) in [6.07, 6.45) is 2.51. The fraction of sp³-hybridized carbons (Fsp3) is 0.273. The average Bonchev–Trinajstić information content (AvgIpc) is 3.01. The number of hydrogen-bond acceptors (Lipinski definition) is 6. The van der Waals surface area contributed by atoms with Crippen molar-refractivity contribution in [2.24, 2.45) is 0 Å². The largest absolute Gasteiger partial charge is 0.493 e. The summed E-state index contributed by atoms with van der Waals surface area (Å²) >= 11 is 12.6. The molecule has 0 spiro atoms. The third-order valence-electron chi connectivity index (χ3n) is 4.32. The van der Waals surface area contributed by atoms with Crippen LogP contribution in [-0.2, 0) is 4.79 Å². The Balaban J connectivity index is 1.57. The molecule has 0 atom stereocenters. The van der Waals surface area contributed by atoms with Crippen LogP contribution in [0.3, 0.4) is 0 Å². The molecule has 0 unspecified atom stereocenters. The molecular formula is C22H22ClNO4S2. The maximum atomic E-state index is 12.4. The summed E-state index contributed by atoms with van der Waals surface area (Å²) in [4.78, 5) is 14.6. The molecule has 3 rings (SSSR count). The normalized spacial score (nSPS) is 15.0. The van der Waals surface area contributed by atoms with Gasteiger partial charge in [-0.05, 0) is 42.8 Å². The number of carbonyl (C=O) groups is 1. The van der Waals surface area contributed by atoms with Crippen molar-refractivity contribution in [1.82, 2.24) is 4.90 Å². The van der Waals surface area contributed by atoms with E-state index < -0.39 is 0 Å². The fourth-order valence-electron chi connectivity index (χ4n) is 2.80. The minimum absolute atomic E-state index is 0.0645. The van der Waals surface area contributed by atoms with Crippen molar-refractivity contribution in [3.05, 3.63) is 58.0 Å². The smallest absolute Gasteiger partial charge is 0.266 e. The van der Waals surface area contributed by atoms with Gasteiger partial charge in [0.25, 0.3) is 5.91 Å². The standard InChI is InChI=1S/C22H22ClNO4S2/c1-3-24-21(25)20(30-22(24)29)14-15-9-10-18(19(13-15)26-2)28-12-6-11-27-17-8-5-4-7-16(17)23/h4-5,7-10,13-14H,3,6,11-12H2,1-2H3/b20-14-. The molecule has 30 heavy (non-hydrogen) atoms. The second-order valence-electron chi connectivity index (χ2n) is 6.32. The van der Waals surface area contributed by atoms with Gasteiger partial charge in [-0.1, -0.05) is 53.8 Å². The second kappa shape index (κ2) is 10.7. The van der Waals surface area contributed by atoms with Crippen LogP contribution in [0.25, 0.3) is 6.08 Å². The highest BCUT2D eigenvalue weighted by molar-refractivity contribution is 8.26. The predicted octanol–water partition coefficient (Wildman–Crippen LogP) is 5.42. The fourth-order valence-corrected chi connectivity index (χ4v) is 4.38. The quantitative estimate of drug-likeness (QED) is 0.281. The summed E-state index contributed by atoms with van der Waals surface area (Å²) in [5.74, 6) is 1.83. The lowest BCUT2D eigenvalue weighted by Crippen LogP contribution is -2.27. The number of likely N-dealkylation sites (N-methyl/N-ethyl adjacent to an activating group) is 1. The highest BCUT2D eigenvalue weighted by atomic mass is 35.5. The van der Waals surface area contributed by atoms with Gasteiger partial charge in [-0.25, -0.2) is 0 Å². The zero-order valence-corrected chi connectivity index (χ0v) is 19.1. The maximum absolute atomic E-state index is 12.4. The lowest BCUT2D eigenvalue weighted by Gasteiger charge is -2.12. The Hall–Kier alpha value is -2.22. The summed E-state index contributed by atoms with van der Waals surface area (Å²) in [5, 5.41) is 0.589. The van der Waals surface area contributed by atoms with E-state index in [1.54, 1.807) is 18.1 Å². The first kappa shape index (κ1) is 22.5. The molecule has 0 radical (unpaired) electrons. The highest BCUT2D eigenvalue weighted by Crippen LogP contribution is 2.34. The van der Waals surface area contributed by atoms with Crippen LogP contribution in [-0.4, -0.2) is 42.0 Å². The highest BCUT2D eigenvalue weighted by Gasteiger charge is 2.30. The second-order valence-corrected chi connectivity index (χ2v) is 8.40. The Morgan fingerprint density at radius 3 is 2.50 bits per heavy atom. The van der Waals surface area contributed by atoms with E-state index in [0.717, 1.165) is 5.56 Å². The van der Waals surface area contributed by atoms with Crippen LogP contribution in [0.2, 0.25) is 5.02 Å². The minimum Gasteiger partial charge on any atom is -0.493 e. The molecule has 1 aliphatic rings. The molecule has 0 aromatic heterocycles. The zero-order chi connectivity index (χ0) is 21.5. The van der Waals surface area contributed by atoms with E-state index in [4.69, 9.17) is 38.0 Å². The Labute approximate surface area is 190 Å². The molecular weight excluding hydrogens is 442 g/mol. The number of nitrogens with zero attached hydrogens (tertiary/aromatic N) is 1. The monoisotopic (exact) mass is 463 g/mol. The molecule has 0 saturated carbocycles. The van der Waals surface area contributed by atoms with Crippen molar-refractivity contribution in [3.8, 4) is 17.2 Å². The van der Waals surface area contributed by atoms with Crippen LogP contribution < -0.4 is 14.2 Å². The van der Waals surface area contributed by atoms with Gasteiger partial charge in [-0.2, -0.15) is 0 Å². The Kier molecular flexibility index (Phi) is 8.01. The number of ether oxygens (including phenoxy) is 3. The molecule has 1 aliphatic heterocycles. The molecule has 0 aliphatic carbocycles. The van der Waals surface area contributed by atoms with E-state index in [0.29, 0.717) is 57.7 Å². The van der Waals surface area contributed by atoms with Crippen LogP contribution in [0.15, 0.2) is 47.4 Å². The first-order valence-corrected chi connectivity index (χ1v) is 11.1. The topological polar surface area (TPSA) is 48.0 Å². The van der Waals surface area contributed by atoms with E-state index in [1.165, 1.54) is 11.8 Å². The molecule has 0 N–H and O–H groups in total. The van der Waals surface area contributed by atoms with Crippen LogP contribution in [0, 0.1) is 0 Å². The number of para-hydroxylation sites is 1. The number of carbonyl (C=O) groups excluding carboxylic acids is 1. The van der Waals surface area contributed by atoms with Crippen molar-refractivity contribution < 1.29 is 19.0 Å². The summed E-state index contributed by atoms with van der Waals surface area (Å²) in [6.45, 7) is 3.43. The first-order valence-electron chi connectivity index (χ1n) is 9.47. The van der Waals surface area contributed by atoms with Gasteiger partial charge in [0.2, 0.25) is 0 Å². The Morgan fingerprint density at radius 2 is 1.83 bits per heavy atom. The van der Waals surface area contributed by atoms with Crippen LogP contribution in [0.4, 0.5) is 0 Å². The van der Waals surface area contributed by atoms with Gasteiger partial charge in [-0.15, -0.1) is 0 Å². The number of methoxy groups -OCH3 is 1. The van der Waals surface area contributed by atoms with Gasteiger partial charge in [0, 0.05) is 13.0 Å². The number of hydrogen-bond donors (Lipinski definition) is 0. The molecule has 1 fully saturated rings. The van der Waals surface area contributed by atoms with Gasteiger partial charge in [-0.3, -0.25) is 9.69 Å². The molecule has 2 aromatic rings. The molecule has 1 saturated heterocycles. The summed E-state index contributed by atoms with van der Waals surface area (Å²) in [7, 11) is 1.59. The molecule has 8 heteroatoms. The number of amides is 1. The summed E-state index contributed by atoms with van der Waals surface area (Å²) in [5.41, 5.74) is 0.845. The Morgan fingerprint density at radius 1 is 1.10 bits per heavy atom.